The number of halogens is 1. The van der Waals surface area contributed by atoms with Gasteiger partial charge >= 0.3 is 0 Å². The molecule has 1 aromatic carbocycles. The van der Waals surface area contributed by atoms with E-state index in [0.717, 1.165) is 36.0 Å². The lowest BCUT2D eigenvalue weighted by Gasteiger charge is -2.23. The minimum atomic E-state index is 0.0903. The molecule has 0 unspecified atom stereocenters. The zero-order valence-electron chi connectivity index (χ0n) is 14.2. The molecular formula is C17H29ClN2O. The van der Waals surface area contributed by atoms with Crippen LogP contribution in [0.4, 0.5) is 5.69 Å². The maximum Gasteiger partial charge on any atom is 0.0644 e. The van der Waals surface area contributed by atoms with Crippen LogP contribution >= 0.6 is 11.6 Å². The summed E-state index contributed by atoms with van der Waals surface area (Å²) in [6, 6.07) is 6.23. The average molecular weight is 313 g/mol. The van der Waals surface area contributed by atoms with Crippen LogP contribution in [-0.4, -0.2) is 31.8 Å². The first-order chi connectivity index (χ1) is 9.69. The number of benzene rings is 1. The SMILES string of the molecule is CC(C)OCCN(C)c1ccc(CNC(C)(C)C)c(Cl)c1. The van der Waals surface area contributed by atoms with E-state index in [1.165, 1.54) is 0 Å². The Labute approximate surface area is 134 Å². The highest BCUT2D eigenvalue weighted by Gasteiger charge is 2.11. The number of rotatable bonds is 7. The van der Waals surface area contributed by atoms with Crippen LogP contribution in [0.1, 0.15) is 40.2 Å². The van der Waals surface area contributed by atoms with E-state index >= 15 is 0 Å². The molecule has 0 aliphatic carbocycles. The predicted octanol–water partition coefficient (Wildman–Crippen LogP) is 4.09. The minimum Gasteiger partial charge on any atom is -0.377 e. The molecule has 0 heterocycles. The van der Waals surface area contributed by atoms with Crippen LogP contribution in [0.2, 0.25) is 5.02 Å². The number of anilines is 1. The van der Waals surface area contributed by atoms with E-state index in [-0.39, 0.29) is 11.6 Å². The third-order valence-corrected chi connectivity index (χ3v) is 3.52. The minimum absolute atomic E-state index is 0.0903. The summed E-state index contributed by atoms with van der Waals surface area (Å²) in [4.78, 5) is 2.16. The fraction of sp³-hybridized carbons (Fsp3) is 0.647. The van der Waals surface area contributed by atoms with Gasteiger partial charge in [0.2, 0.25) is 0 Å². The van der Waals surface area contributed by atoms with Crippen molar-refractivity contribution in [3.63, 3.8) is 0 Å². The van der Waals surface area contributed by atoms with Crippen molar-refractivity contribution in [1.29, 1.82) is 0 Å². The quantitative estimate of drug-likeness (QED) is 0.820. The van der Waals surface area contributed by atoms with Crippen molar-refractivity contribution < 1.29 is 4.74 Å². The maximum atomic E-state index is 6.39. The van der Waals surface area contributed by atoms with E-state index in [0.29, 0.717) is 0 Å². The van der Waals surface area contributed by atoms with Crippen LogP contribution in [0.25, 0.3) is 0 Å². The van der Waals surface area contributed by atoms with E-state index in [9.17, 15) is 0 Å². The molecule has 0 amide bonds. The zero-order valence-corrected chi connectivity index (χ0v) is 14.9. The number of hydrogen-bond donors (Lipinski definition) is 1. The van der Waals surface area contributed by atoms with Crippen molar-refractivity contribution in [1.82, 2.24) is 5.32 Å². The Hall–Kier alpha value is -0.770. The average Bonchev–Trinajstić information content (AvgIpc) is 2.35. The zero-order chi connectivity index (χ0) is 16.0. The summed E-state index contributed by atoms with van der Waals surface area (Å²) >= 11 is 6.39. The van der Waals surface area contributed by atoms with Gasteiger partial charge in [0.1, 0.15) is 0 Å². The molecule has 0 atom stereocenters. The Morgan fingerprint density at radius 3 is 2.48 bits per heavy atom. The van der Waals surface area contributed by atoms with Gasteiger partial charge in [0.15, 0.2) is 0 Å². The first-order valence-corrected chi connectivity index (χ1v) is 7.93. The first-order valence-electron chi connectivity index (χ1n) is 7.55. The van der Waals surface area contributed by atoms with E-state index in [1.54, 1.807) is 0 Å². The highest BCUT2D eigenvalue weighted by atomic mass is 35.5. The van der Waals surface area contributed by atoms with Gasteiger partial charge in [-0.25, -0.2) is 0 Å². The third-order valence-electron chi connectivity index (χ3n) is 3.16. The lowest BCUT2D eigenvalue weighted by Crippen LogP contribution is -2.35. The molecule has 4 heteroatoms. The lowest BCUT2D eigenvalue weighted by molar-refractivity contribution is 0.0846. The Morgan fingerprint density at radius 2 is 1.95 bits per heavy atom. The molecule has 0 aromatic heterocycles. The largest absolute Gasteiger partial charge is 0.377 e. The van der Waals surface area contributed by atoms with Crippen molar-refractivity contribution in [2.45, 2.75) is 52.8 Å². The summed E-state index contributed by atoms with van der Waals surface area (Å²) in [5.74, 6) is 0. The monoisotopic (exact) mass is 312 g/mol. The molecule has 0 radical (unpaired) electrons. The third kappa shape index (κ3) is 7.16. The van der Waals surface area contributed by atoms with Gasteiger partial charge in [0.25, 0.3) is 0 Å². The molecule has 1 N–H and O–H groups in total. The summed E-state index contributed by atoms with van der Waals surface area (Å²) < 4.78 is 5.58. The van der Waals surface area contributed by atoms with Crippen molar-refractivity contribution >= 4 is 17.3 Å². The summed E-state index contributed by atoms with van der Waals surface area (Å²) in [6.07, 6.45) is 0.271. The van der Waals surface area contributed by atoms with Crippen LogP contribution < -0.4 is 10.2 Å². The molecule has 21 heavy (non-hydrogen) atoms. The van der Waals surface area contributed by atoms with Gasteiger partial charge in [-0.1, -0.05) is 17.7 Å². The summed E-state index contributed by atoms with van der Waals surface area (Å²) in [5.41, 5.74) is 2.33. The Morgan fingerprint density at radius 1 is 1.29 bits per heavy atom. The van der Waals surface area contributed by atoms with E-state index in [2.05, 4.69) is 50.2 Å². The van der Waals surface area contributed by atoms with Crippen molar-refractivity contribution in [2.24, 2.45) is 0 Å². The van der Waals surface area contributed by atoms with Crippen LogP contribution in [0.5, 0.6) is 0 Å². The van der Waals surface area contributed by atoms with Crippen LogP contribution in [-0.2, 0) is 11.3 Å². The maximum absolute atomic E-state index is 6.39. The fourth-order valence-corrected chi connectivity index (χ4v) is 2.07. The van der Waals surface area contributed by atoms with Crippen molar-refractivity contribution in [3.05, 3.63) is 28.8 Å². The van der Waals surface area contributed by atoms with Crippen LogP contribution in [0.3, 0.4) is 0 Å². The van der Waals surface area contributed by atoms with Crippen molar-refractivity contribution in [3.8, 4) is 0 Å². The Kier molecular flexibility index (Phi) is 6.98. The summed E-state index contributed by atoms with van der Waals surface area (Å²) in [7, 11) is 2.06. The topological polar surface area (TPSA) is 24.5 Å². The molecule has 0 saturated heterocycles. The second-order valence-electron chi connectivity index (χ2n) is 6.72. The van der Waals surface area contributed by atoms with Gasteiger partial charge in [-0.3, -0.25) is 0 Å². The Balaban J connectivity index is 2.60. The van der Waals surface area contributed by atoms with Crippen molar-refractivity contribution in [2.75, 3.05) is 25.1 Å². The second kappa shape index (κ2) is 8.02. The van der Waals surface area contributed by atoms with E-state index < -0.39 is 0 Å². The molecule has 0 bridgehead atoms. The van der Waals surface area contributed by atoms with E-state index in [4.69, 9.17) is 16.3 Å². The smallest absolute Gasteiger partial charge is 0.0644 e. The second-order valence-corrected chi connectivity index (χ2v) is 7.13. The normalized spacial score (nSPS) is 12.0. The number of likely N-dealkylation sites (N-methyl/N-ethyl adjacent to an activating group) is 1. The molecule has 3 nitrogen and oxygen atoms in total. The van der Waals surface area contributed by atoms with Gasteiger partial charge in [0, 0.05) is 36.4 Å². The number of nitrogens with one attached hydrogen (secondary N) is 1. The van der Waals surface area contributed by atoms with Gasteiger partial charge in [0.05, 0.1) is 12.7 Å². The summed E-state index contributed by atoms with van der Waals surface area (Å²) in [5, 5.41) is 4.26. The molecule has 0 aliphatic heterocycles. The molecule has 0 fully saturated rings. The number of ether oxygens (including phenoxy) is 1. The molecule has 0 aliphatic rings. The highest BCUT2D eigenvalue weighted by molar-refractivity contribution is 6.31. The number of nitrogens with zero attached hydrogens (tertiary/aromatic N) is 1. The summed E-state index contributed by atoms with van der Waals surface area (Å²) in [6.45, 7) is 12.9. The lowest BCUT2D eigenvalue weighted by atomic mass is 10.1. The molecule has 1 aromatic rings. The van der Waals surface area contributed by atoms with E-state index in [1.807, 2.05) is 19.9 Å². The van der Waals surface area contributed by atoms with Gasteiger partial charge in [-0.2, -0.15) is 0 Å². The Bertz CT molecular complexity index is 441. The predicted molar refractivity (Wildman–Crippen MR) is 92.4 cm³/mol. The first kappa shape index (κ1) is 18.3. The van der Waals surface area contributed by atoms with Crippen LogP contribution in [0.15, 0.2) is 18.2 Å². The fourth-order valence-electron chi connectivity index (χ4n) is 1.83. The molecule has 120 valence electrons. The van der Waals surface area contributed by atoms with Crippen LogP contribution in [0, 0.1) is 0 Å². The molecule has 0 saturated carbocycles. The molecular weight excluding hydrogens is 284 g/mol. The standard InChI is InChI=1S/C17H29ClN2O/c1-13(2)21-10-9-20(6)15-8-7-14(16(18)11-15)12-19-17(3,4)5/h7-8,11,13,19H,9-10,12H2,1-6H3. The van der Waals surface area contributed by atoms with Gasteiger partial charge in [-0.05, 0) is 52.3 Å². The van der Waals surface area contributed by atoms with Gasteiger partial charge in [-0.15, -0.1) is 0 Å². The molecule has 0 spiro atoms. The highest BCUT2D eigenvalue weighted by Crippen LogP contribution is 2.23. The van der Waals surface area contributed by atoms with Gasteiger partial charge < -0.3 is 15.0 Å². The number of hydrogen-bond acceptors (Lipinski definition) is 3. The molecule has 1 rings (SSSR count).